The first-order valence-electron chi connectivity index (χ1n) is 8.28. The smallest absolute Gasteiger partial charge is 0.406 e. The van der Waals surface area contributed by atoms with Crippen molar-refractivity contribution >= 4 is 17.0 Å². The van der Waals surface area contributed by atoms with Crippen molar-refractivity contribution in [2.75, 3.05) is 27.2 Å². The fourth-order valence-corrected chi connectivity index (χ4v) is 4.50. The number of alkyl carbamates (subject to hydrolysis) is 1. The van der Waals surface area contributed by atoms with Gasteiger partial charge in [0, 0.05) is 42.1 Å². The number of H-pyrrole nitrogens is 1. The van der Waals surface area contributed by atoms with Gasteiger partial charge < -0.3 is 19.9 Å². The number of nitrogens with zero attached hydrogens (tertiary/aromatic N) is 1. The van der Waals surface area contributed by atoms with Gasteiger partial charge >= 0.3 is 6.09 Å². The Morgan fingerprint density at radius 3 is 3.17 bits per heavy atom. The van der Waals surface area contributed by atoms with Crippen molar-refractivity contribution in [1.82, 2.24) is 15.2 Å². The van der Waals surface area contributed by atoms with Crippen molar-refractivity contribution in [3.8, 4) is 0 Å². The maximum absolute atomic E-state index is 11.4. The molecule has 2 heterocycles. The van der Waals surface area contributed by atoms with Gasteiger partial charge in [-0.1, -0.05) is 12.1 Å². The van der Waals surface area contributed by atoms with Crippen LogP contribution in [0.1, 0.15) is 23.5 Å². The first-order chi connectivity index (χ1) is 11.2. The zero-order valence-corrected chi connectivity index (χ0v) is 13.6. The van der Waals surface area contributed by atoms with Gasteiger partial charge in [0.2, 0.25) is 0 Å². The summed E-state index contributed by atoms with van der Waals surface area (Å²) < 4.78 is 4.69. The topological polar surface area (TPSA) is 57.4 Å². The fourth-order valence-electron chi connectivity index (χ4n) is 4.50. The lowest BCUT2D eigenvalue weighted by molar-refractivity contribution is 0.108. The molecule has 0 bridgehead atoms. The number of rotatable bonds is 2. The predicted octanol–water partition coefficient (Wildman–Crippen LogP) is 2.48. The lowest BCUT2D eigenvalue weighted by Gasteiger charge is -2.45. The summed E-state index contributed by atoms with van der Waals surface area (Å²) in [6.07, 6.45) is 4.05. The van der Waals surface area contributed by atoms with E-state index in [2.05, 4.69) is 51.4 Å². The molecule has 0 spiro atoms. The Morgan fingerprint density at radius 1 is 1.48 bits per heavy atom. The maximum Gasteiger partial charge on any atom is 0.406 e. The SMILES string of the molecule is COC(=O)NC[C@@H]1CC2c3cccc4[nH]cc(c34)C[C@H]2N(C)C1. The molecular weight excluding hydrogens is 290 g/mol. The van der Waals surface area contributed by atoms with Crippen LogP contribution in [0.2, 0.25) is 0 Å². The number of methoxy groups -OCH3 is 1. The average molecular weight is 313 g/mol. The van der Waals surface area contributed by atoms with Crippen LogP contribution in [0.5, 0.6) is 0 Å². The molecule has 1 unspecified atom stereocenters. The van der Waals surface area contributed by atoms with Crippen molar-refractivity contribution in [3.05, 3.63) is 35.5 Å². The van der Waals surface area contributed by atoms with Gasteiger partial charge in [-0.2, -0.15) is 0 Å². The Kier molecular flexibility index (Phi) is 3.53. The second-order valence-corrected chi connectivity index (χ2v) is 6.88. The van der Waals surface area contributed by atoms with Crippen LogP contribution in [-0.2, 0) is 11.2 Å². The van der Waals surface area contributed by atoms with E-state index in [4.69, 9.17) is 0 Å². The largest absolute Gasteiger partial charge is 0.453 e. The predicted molar refractivity (Wildman–Crippen MR) is 89.7 cm³/mol. The quantitative estimate of drug-likeness (QED) is 0.895. The van der Waals surface area contributed by atoms with Gasteiger partial charge in [-0.05, 0) is 43.0 Å². The van der Waals surface area contributed by atoms with Crippen molar-refractivity contribution in [2.45, 2.75) is 24.8 Å². The molecule has 1 aromatic heterocycles. The zero-order chi connectivity index (χ0) is 16.0. The van der Waals surface area contributed by atoms with Gasteiger partial charge in [0.25, 0.3) is 0 Å². The number of hydrogen-bond donors (Lipinski definition) is 2. The van der Waals surface area contributed by atoms with Crippen LogP contribution in [0.3, 0.4) is 0 Å². The maximum atomic E-state index is 11.4. The molecule has 3 atom stereocenters. The summed E-state index contributed by atoms with van der Waals surface area (Å²) in [5, 5.41) is 4.28. The van der Waals surface area contributed by atoms with Crippen molar-refractivity contribution in [3.63, 3.8) is 0 Å². The van der Waals surface area contributed by atoms with E-state index in [0.717, 1.165) is 19.4 Å². The van der Waals surface area contributed by atoms with Crippen LogP contribution in [0.25, 0.3) is 10.9 Å². The molecule has 4 rings (SSSR count). The monoisotopic (exact) mass is 313 g/mol. The number of piperidine rings is 1. The molecule has 1 fully saturated rings. The molecule has 122 valence electrons. The van der Waals surface area contributed by atoms with Crippen LogP contribution in [0, 0.1) is 5.92 Å². The molecule has 0 radical (unpaired) electrons. The number of fused-ring (bicyclic) bond motifs is 2. The molecule has 2 aromatic rings. The third kappa shape index (κ3) is 2.39. The van der Waals surface area contributed by atoms with E-state index in [0.29, 0.717) is 24.4 Å². The fraction of sp³-hybridized carbons (Fsp3) is 0.500. The van der Waals surface area contributed by atoms with E-state index in [-0.39, 0.29) is 6.09 Å². The Bertz CT molecular complexity index is 739. The minimum Gasteiger partial charge on any atom is -0.453 e. The molecule has 1 aliphatic carbocycles. The van der Waals surface area contributed by atoms with Crippen molar-refractivity contribution in [2.24, 2.45) is 5.92 Å². The lowest BCUT2D eigenvalue weighted by atomic mass is 9.72. The second-order valence-electron chi connectivity index (χ2n) is 6.88. The van der Waals surface area contributed by atoms with Gasteiger partial charge in [0.1, 0.15) is 0 Å². The first-order valence-corrected chi connectivity index (χ1v) is 8.28. The minimum atomic E-state index is -0.339. The molecule has 23 heavy (non-hydrogen) atoms. The highest BCUT2D eigenvalue weighted by Crippen LogP contribution is 2.44. The molecule has 1 aliphatic heterocycles. The summed E-state index contributed by atoms with van der Waals surface area (Å²) >= 11 is 0. The lowest BCUT2D eigenvalue weighted by Crippen LogP contribution is -2.50. The molecule has 2 aliphatic rings. The summed E-state index contributed by atoms with van der Waals surface area (Å²) in [7, 11) is 3.62. The minimum absolute atomic E-state index is 0.339. The van der Waals surface area contributed by atoms with Crippen molar-refractivity contribution < 1.29 is 9.53 Å². The van der Waals surface area contributed by atoms with Gasteiger partial charge in [-0.3, -0.25) is 0 Å². The number of nitrogens with one attached hydrogen (secondary N) is 2. The van der Waals surface area contributed by atoms with E-state index < -0.39 is 0 Å². The number of aromatic nitrogens is 1. The molecule has 1 saturated heterocycles. The van der Waals surface area contributed by atoms with Crippen LogP contribution < -0.4 is 5.32 Å². The van der Waals surface area contributed by atoms with Crippen LogP contribution in [0.4, 0.5) is 4.79 Å². The van der Waals surface area contributed by atoms with Crippen molar-refractivity contribution in [1.29, 1.82) is 0 Å². The molecule has 1 amide bonds. The Morgan fingerprint density at radius 2 is 2.35 bits per heavy atom. The summed E-state index contributed by atoms with van der Waals surface area (Å²) in [5.41, 5.74) is 4.15. The number of likely N-dealkylation sites (tertiary alicyclic amines) is 1. The van der Waals surface area contributed by atoms with Gasteiger partial charge in [0.15, 0.2) is 0 Å². The van der Waals surface area contributed by atoms with Gasteiger partial charge in [0.05, 0.1) is 7.11 Å². The molecule has 1 aromatic carbocycles. The molecule has 0 saturated carbocycles. The highest BCUT2D eigenvalue weighted by molar-refractivity contribution is 5.88. The third-order valence-electron chi connectivity index (χ3n) is 5.53. The standard InChI is InChI=1S/C18H23N3O2/c1-21-10-11(8-20-18(22)23-2)6-14-13-4-3-5-15-17(13)12(9-19-15)7-16(14)21/h3-5,9,11,14,16,19H,6-8,10H2,1-2H3,(H,20,22)/t11-,14?,16+/m0/s1. The molecule has 5 heteroatoms. The van der Waals surface area contributed by atoms with E-state index in [1.54, 1.807) is 0 Å². The van der Waals surface area contributed by atoms with E-state index >= 15 is 0 Å². The average Bonchev–Trinajstić information content (AvgIpc) is 2.98. The highest BCUT2D eigenvalue weighted by Gasteiger charge is 2.39. The van der Waals surface area contributed by atoms with E-state index in [1.807, 2.05) is 0 Å². The first kappa shape index (κ1) is 14.6. The third-order valence-corrected chi connectivity index (χ3v) is 5.53. The van der Waals surface area contributed by atoms with Crippen LogP contribution in [-0.4, -0.2) is 49.3 Å². The van der Waals surface area contributed by atoms with E-state index in [9.17, 15) is 4.79 Å². The molecular formula is C18H23N3O2. The number of hydrogen-bond acceptors (Lipinski definition) is 3. The van der Waals surface area contributed by atoms with Crippen LogP contribution >= 0.6 is 0 Å². The summed E-state index contributed by atoms with van der Waals surface area (Å²) in [4.78, 5) is 17.2. The molecule has 2 N–H and O–H groups in total. The van der Waals surface area contributed by atoms with Crippen LogP contribution in [0.15, 0.2) is 24.4 Å². The number of carbonyl (C=O) groups is 1. The highest BCUT2D eigenvalue weighted by atomic mass is 16.5. The number of benzene rings is 1. The number of ether oxygens (including phenoxy) is 1. The summed E-state index contributed by atoms with van der Waals surface area (Å²) in [6, 6.07) is 7.14. The number of likely N-dealkylation sites (N-methyl/N-ethyl adjacent to an activating group) is 1. The summed E-state index contributed by atoms with van der Waals surface area (Å²) in [6.45, 7) is 1.69. The Hall–Kier alpha value is -2.01. The Labute approximate surface area is 136 Å². The second kappa shape index (κ2) is 5.57. The normalized spacial score (nSPS) is 26.8. The van der Waals surface area contributed by atoms with Gasteiger partial charge in [-0.15, -0.1) is 0 Å². The number of carbonyl (C=O) groups excluding carboxylic acids is 1. The summed E-state index contributed by atoms with van der Waals surface area (Å²) in [5.74, 6) is 0.987. The zero-order valence-electron chi connectivity index (χ0n) is 13.6. The number of amides is 1. The number of aromatic amines is 1. The van der Waals surface area contributed by atoms with Gasteiger partial charge in [-0.25, -0.2) is 4.79 Å². The van der Waals surface area contributed by atoms with E-state index in [1.165, 1.54) is 29.1 Å². The Balaban J connectivity index is 1.62. The molecule has 5 nitrogen and oxygen atoms in total.